The van der Waals surface area contributed by atoms with Gasteiger partial charge in [0.25, 0.3) is 0 Å². The molecule has 0 radical (unpaired) electrons. The van der Waals surface area contributed by atoms with E-state index in [4.69, 9.17) is 5.73 Å². The van der Waals surface area contributed by atoms with E-state index in [-0.39, 0.29) is 0 Å². The molecule has 19 heavy (non-hydrogen) atoms. The Morgan fingerprint density at radius 2 is 1.74 bits per heavy atom. The average Bonchev–Trinajstić information content (AvgIpc) is 2.44. The summed E-state index contributed by atoms with van der Waals surface area (Å²) in [4.78, 5) is 11.2. The number of nitrogens with zero attached hydrogens (tertiary/aromatic N) is 3. The number of nitrogens with two attached hydrogens (primary N) is 1. The lowest BCUT2D eigenvalue weighted by Gasteiger charge is -2.18. The molecule has 2 aromatic rings. The van der Waals surface area contributed by atoms with Crippen LogP contribution in [-0.4, -0.2) is 41.0 Å². The molecule has 0 aliphatic rings. The van der Waals surface area contributed by atoms with Crippen molar-refractivity contribution in [3.8, 4) is 0 Å². The van der Waals surface area contributed by atoms with Crippen molar-refractivity contribution in [3.05, 3.63) is 24.3 Å². The van der Waals surface area contributed by atoms with Gasteiger partial charge in [-0.1, -0.05) is 26.0 Å². The highest BCUT2D eigenvalue weighted by atomic mass is 15.1. The number of rotatable bonds is 6. The first kappa shape index (κ1) is 13.5. The number of hydrogen-bond acceptors (Lipinski definition) is 5. The number of fused-ring (bicyclic) bond motifs is 1. The summed E-state index contributed by atoms with van der Waals surface area (Å²) in [6.07, 6.45) is 0. The molecule has 3 N–H and O–H groups in total. The predicted molar refractivity (Wildman–Crippen MR) is 80.2 cm³/mol. The minimum absolute atomic E-state index is 0.457. The summed E-state index contributed by atoms with van der Waals surface area (Å²) in [5, 5.41) is 3.26. The van der Waals surface area contributed by atoms with Gasteiger partial charge in [-0.3, -0.25) is 0 Å². The second-order valence-electron chi connectivity index (χ2n) is 4.40. The maximum Gasteiger partial charge on any atom is 0.169 e. The summed E-state index contributed by atoms with van der Waals surface area (Å²) in [6, 6.07) is 7.74. The summed E-state index contributed by atoms with van der Waals surface area (Å²) < 4.78 is 0. The quantitative estimate of drug-likeness (QED) is 0.830. The van der Waals surface area contributed by atoms with Gasteiger partial charge in [-0.05, 0) is 25.2 Å². The van der Waals surface area contributed by atoms with Crippen molar-refractivity contribution in [3.63, 3.8) is 0 Å². The van der Waals surface area contributed by atoms with E-state index in [0.29, 0.717) is 11.6 Å². The normalized spacial score (nSPS) is 11.1. The Balaban J connectivity index is 2.06. The van der Waals surface area contributed by atoms with Crippen LogP contribution in [0.25, 0.3) is 11.0 Å². The smallest absolute Gasteiger partial charge is 0.169 e. The molecule has 0 unspecified atom stereocenters. The summed E-state index contributed by atoms with van der Waals surface area (Å²) in [7, 11) is 0. The van der Waals surface area contributed by atoms with Crippen LogP contribution >= 0.6 is 0 Å². The van der Waals surface area contributed by atoms with E-state index in [1.807, 2.05) is 24.3 Å². The second-order valence-corrected chi connectivity index (χ2v) is 4.40. The van der Waals surface area contributed by atoms with Gasteiger partial charge in [-0.2, -0.15) is 0 Å². The van der Waals surface area contributed by atoms with Gasteiger partial charge < -0.3 is 16.0 Å². The molecule has 0 aliphatic heterocycles. The Kier molecular flexibility index (Phi) is 4.52. The van der Waals surface area contributed by atoms with Crippen LogP contribution in [0.3, 0.4) is 0 Å². The summed E-state index contributed by atoms with van der Waals surface area (Å²) >= 11 is 0. The minimum atomic E-state index is 0.457. The van der Waals surface area contributed by atoms with Crippen molar-refractivity contribution in [2.45, 2.75) is 13.8 Å². The van der Waals surface area contributed by atoms with E-state index in [1.165, 1.54) is 0 Å². The summed E-state index contributed by atoms with van der Waals surface area (Å²) in [5.41, 5.74) is 7.61. The van der Waals surface area contributed by atoms with Gasteiger partial charge in [0.15, 0.2) is 11.6 Å². The highest BCUT2D eigenvalue weighted by Gasteiger charge is 2.05. The van der Waals surface area contributed by atoms with Crippen LogP contribution < -0.4 is 11.1 Å². The molecule has 2 rings (SSSR count). The fourth-order valence-electron chi connectivity index (χ4n) is 2.02. The van der Waals surface area contributed by atoms with Crippen molar-refractivity contribution in [2.75, 3.05) is 37.2 Å². The Morgan fingerprint density at radius 3 is 2.37 bits per heavy atom. The molecule has 0 saturated carbocycles. The van der Waals surface area contributed by atoms with Crippen LogP contribution in [0.4, 0.5) is 11.6 Å². The zero-order valence-electron chi connectivity index (χ0n) is 11.6. The molecule has 0 bridgehead atoms. The van der Waals surface area contributed by atoms with Crippen LogP contribution in [0.5, 0.6) is 0 Å². The highest BCUT2D eigenvalue weighted by Crippen LogP contribution is 2.17. The molecule has 0 spiro atoms. The molecule has 1 aromatic carbocycles. The van der Waals surface area contributed by atoms with Crippen molar-refractivity contribution < 1.29 is 0 Å². The van der Waals surface area contributed by atoms with Gasteiger partial charge in [0.05, 0.1) is 11.0 Å². The first-order valence-electron chi connectivity index (χ1n) is 6.73. The van der Waals surface area contributed by atoms with Crippen molar-refractivity contribution in [1.82, 2.24) is 14.9 Å². The van der Waals surface area contributed by atoms with Gasteiger partial charge >= 0.3 is 0 Å². The second kappa shape index (κ2) is 6.33. The van der Waals surface area contributed by atoms with Gasteiger partial charge in [0, 0.05) is 13.1 Å². The maximum atomic E-state index is 5.92. The van der Waals surface area contributed by atoms with E-state index in [2.05, 4.69) is 34.0 Å². The third-order valence-corrected chi connectivity index (χ3v) is 3.21. The highest BCUT2D eigenvalue weighted by molar-refractivity contribution is 5.79. The van der Waals surface area contributed by atoms with Crippen molar-refractivity contribution in [2.24, 2.45) is 0 Å². The summed E-state index contributed by atoms with van der Waals surface area (Å²) in [5.74, 6) is 1.13. The molecule has 0 aliphatic carbocycles. The monoisotopic (exact) mass is 259 g/mol. The number of para-hydroxylation sites is 2. The zero-order valence-corrected chi connectivity index (χ0v) is 11.6. The molecule has 0 fully saturated rings. The van der Waals surface area contributed by atoms with Crippen molar-refractivity contribution in [1.29, 1.82) is 0 Å². The number of hydrogen-bond donors (Lipinski definition) is 2. The third-order valence-electron chi connectivity index (χ3n) is 3.21. The number of anilines is 2. The first-order chi connectivity index (χ1) is 9.24. The number of nitrogens with one attached hydrogen (secondary N) is 1. The SMILES string of the molecule is CCN(CC)CCNc1nc2ccccc2nc1N. The fourth-order valence-corrected chi connectivity index (χ4v) is 2.02. The number of aromatic nitrogens is 2. The molecule has 0 amide bonds. The van der Waals surface area contributed by atoms with Crippen LogP contribution in [0.15, 0.2) is 24.3 Å². The topological polar surface area (TPSA) is 67.1 Å². The van der Waals surface area contributed by atoms with Crippen LogP contribution in [0, 0.1) is 0 Å². The van der Waals surface area contributed by atoms with E-state index >= 15 is 0 Å². The zero-order chi connectivity index (χ0) is 13.7. The molecule has 0 saturated heterocycles. The van der Waals surface area contributed by atoms with Gasteiger partial charge in [0.2, 0.25) is 0 Å². The fraction of sp³-hybridized carbons (Fsp3) is 0.429. The molecule has 0 atom stereocenters. The van der Waals surface area contributed by atoms with Crippen LogP contribution in [-0.2, 0) is 0 Å². The van der Waals surface area contributed by atoms with E-state index in [1.54, 1.807) is 0 Å². The Labute approximate surface area is 113 Å². The number of nitrogen functional groups attached to an aromatic ring is 1. The minimum Gasteiger partial charge on any atom is -0.381 e. The molecular weight excluding hydrogens is 238 g/mol. The Morgan fingerprint density at radius 1 is 1.11 bits per heavy atom. The first-order valence-corrected chi connectivity index (χ1v) is 6.73. The predicted octanol–water partition coefficient (Wildman–Crippen LogP) is 1.97. The van der Waals surface area contributed by atoms with Gasteiger partial charge in [-0.15, -0.1) is 0 Å². The molecule has 1 aromatic heterocycles. The van der Waals surface area contributed by atoms with Gasteiger partial charge in [0.1, 0.15) is 0 Å². The number of benzene rings is 1. The van der Waals surface area contributed by atoms with E-state index < -0.39 is 0 Å². The van der Waals surface area contributed by atoms with Crippen molar-refractivity contribution >= 4 is 22.7 Å². The lowest BCUT2D eigenvalue weighted by molar-refractivity contribution is 0.316. The van der Waals surface area contributed by atoms with Crippen LogP contribution in [0.1, 0.15) is 13.8 Å². The standard InChI is InChI=1S/C14H21N5/c1-3-19(4-2)10-9-16-14-13(15)17-11-7-5-6-8-12(11)18-14/h5-8H,3-4,9-10H2,1-2H3,(H2,15,17)(H,16,18). The molecule has 1 heterocycles. The third kappa shape index (κ3) is 3.32. The van der Waals surface area contributed by atoms with Gasteiger partial charge in [-0.25, -0.2) is 9.97 Å². The maximum absolute atomic E-state index is 5.92. The lowest BCUT2D eigenvalue weighted by Crippen LogP contribution is -2.29. The molecule has 5 nitrogen and oxygen atoms in total. The number of likely N-dealkylation sites (N-methyl/N-ethyl adjacent to an activating group) is 1. The molecule has 5 heteroatoms. The van der Waals surface area contributed by atoms with E-state index in [9.17, 15) is 0 Å². The summed E-state index contributed by atoms with van der Waals surface area (Å²) in [6.45, 7) is 8.22. The average molecular weight is 259 g/mol. The molecule has 102 valence electrons. The Hall–Kier alpha value is -1.88. The van der Waals surface area contributed by atoms with Crippen LogP contribution in [0.2, 0.25) is 0 Å². The lowest BCUT2D eigenvalue weighted by atomic mass is 10.3. The largest absolute Gasteiger partial charge is 0.381 e. The molecular formula is C14H21N5. The van der Waals surface area contributed by atoms with E-state index in [0.717, 1.165) is 37.2 Å². The Bertz CT molecular complexity index is 536.